The third-order valence-corrected chi connectivity index (χ3v) is 4.33. The Balaban J connectivity index is 1.79. The summed E-state index contributed by atoms with van der Waals surface area (Å²) in [5, 5.41) is 0. The monoisotopic (exact) mass is 402 g/mol. The Morgan fingerprint density at radius 2 is 1.44 bits per heavy atom. The minimum absolute atomic E-state index is 0.0234. The van der Waals surface area contributed by atoms with E-state index in [1.807, 2.05) is 6.07 Å². The van der Waals surface area contributed by atoms with Gasteiger partial charge in [-0.3, -0.25) is 19.4 Å². The summed E-state index contributed by atoms with van der Waals surface area (Å²) in [6.45, 7) is 0.0764. The second kappa shape index (κ2) is 7.06. The highest BCUT2D eigenvalue weighted by atomic mass is 79.9. The van der Waals surface area contributed by atoms with Crippen molar-refractivity contribution >= 4 is 33.8 Å². The zero-order valence-electron chi connectivity index (χ0n) is 13.4. The van der Waals surface area contributed by atoms with Gasteiger partial charge >= 0.3 is 17.8 Å². The van der Waals surface area contributed by atoms with Crippen LogP contribution in [0.2, 0.25) is 0 Å². The van der Waals surface area contributed by atoms with Crippen molar-refractivity contribution in [3.05, 3.63) is 64.1 Å². The van der Waals surface area contributed by atoms with Crippen molar-refractivity contribution in [3.8, 4) is 5.75 Å². The van der Waals surface area contributed by atoms with Gasteiger partial charge in [-0.05, 0) is 35.4 Å². The Bertz CT molecular complexity index is 852. The molecule has 0 N–H and O–H groups in total. The number of imide groups is 2. The van der Waals surface area contributed by atoms with E-state index in [2.05, 4.69) is 15.9 Å². The summed E-state index contributed by atoms with van der Waals surface area (Å²) in [5.74, 6) is -1.01. The van der Waals surface area contributed by atoms with E-state index in [1.54, 1.807) is 42.5 Å². The number of halogens is 1. The van der Waals surface area contributed by atoms with Crippen LogP contribution in [0.4, 0.5) is 4.79 Å². The van der Waals surface area contributed by atoms with E-state index >= 15 is 0 Å². The lowest BCUT2D eigenvalue weighted by Crippen LogP contribution is -2.32. The highest BCUT2D eigenvalue weighted by Crippen LogP contribution is 2.21. The van der Waals surface area contributed by atoms with E-state index in [1.165, 1.54) is 7.11 Å². The predicted octanol–water partition coefficient (Wildman–Crippen LogP) is 2.95. The topological polar surface area (TPSA) is 66.9 Å². The first-order valence-corrected chi connectivity index (χ1v) is 8.33. The maximum Gasteiger partial charge on any atom is 0.334 e. The molecule has 0 spiro atoms. The third-order valence-electron chi connectivity index (χ3n) is 3.84. The average molecular weight is 403 g/mol. The second-order valence-corrected chi connectivity index (χ2v) is 6.46. The number of carbonyl (C=O) groups excluding carboxylic acids is 3. The number of nitrogens with zero attached hydrogens (tertiary/aromatic N) is 2. The van der Waals surface area contributed by atoms with Crippen molar-refractivity contribution in [2.75, 3.05) is 7.11 Å². The molecule has 0 saturated carbocycles. The average Bonchev–Trinajstić information content (AvgIpc) is 2.80. The SMILES string of the molecule is COc1cccc(CN2C(=O)C(=O)N(Cc3cccc(Br)c3)C2=O)c1. The van der Waals surface area contributed by atoms with Gasteiger partial charge < -0.3 is 4.74 Å². The van der Waals surface area contributed by atoms with Gasteiger partial charge in [0.15, 0.2) is 0 Å². The van der Waals surface area contributed by atoms with Crippen molar-refractivity contribution in [2.24, 2.45) is 0 Å². The van der Waals surface area contributed by atoms with Crippen LogP contribution in [0, 0.1) is 0 Å². The Hall–Kier alpha value is -2.67. The molecule has 1 aliphatic rings. The smallest absolute Gasteiger partial charge is 0.334 e. The molecule has 1 saturated heterocycles. The highest BCUT2D eigenvalue weighted by molar-refractivity contribution is 9.10. The van der Waals surface area contributed by atoms with Gasteiger partial charge in [0.25, 0.3) is 0 Å². The highest BCUT2D eigenvalue weighted by Gasteiger charge is 2.44. The molecule has 1 fully saturated rings. The minimum atomic E-state index is -0.817. The van der Waals surface area contributed by atoms with Crippen LogP contribution in [0.1, 0.15) is 11.1 Å². The summed E-state index contributed by atoms with van der Waals surface area (Å²) in [5.41, 5.74) is 1.46. The number of carbonyl (C=O) groups is 3. The molecule has 6 nitrogen and oxygen atoms in total. The van der Waals surface area contributed by atoms with Gasteiger partial charge in [0, 0.05) is 4.47 Å². The minimum Gasteiger partial charge on any atom is -0.497 e. The van der Waals surface area contributed by atoms with E-state index in [9.17, 15) is 14.4 Å². The molecule has 0 radical (unpaired) electrons. The maximum atomic E-state index is 12.5. The summed E-state index contributed by atoms with van der Waals surface area (Å²) in [4.78, 5) is 38.9. The molecule has 4 amide bonds. The van der Waals surface area contributed by atoms with Gasteiger partial charge in [0.05, 0.1) is 20.2 Å². The van der Waals surface area contributed by atoms with Crippen LogP contribution in [-0.4, -0.2) is 34.8 Å². The summed E-state index contributed by atoms with van der Waals surface area (Å²) >= 11 is 3.35. The zero-order valence-corrected chi connectivity index (χ0v) is 15.0. The molecule has 0 atom stereocenters. The molecule has 0 bridgehead atoms. The Morgan fingerprint density at radius 3 is 2.00 bits per heavy atom. The fraction of sp³-hybridized carbons (Fsp3) is 0.167. The van der Waals surface area contributed by atoms with Gasteiger partial charge in [-0.2, -0.15) is 0 Å². The van der Waals surface area contributed by atoms with Crippen LogP contribution < -0.4 is 4.74 Å². The van der Waals surface area contributed by atoms with E-state index in [0.717, 1.165) is 19.8 Å². The van der Waals surface area contributed by atoms with E-state index < -0.39 is 17.8 Å². The molecule has 0 aliphatic carbocycles. The Morgan fingerprint density at radius 1 is 0.880 bits per heavy atom. The summed E-state index contributed by atoms with van der Waals surface area (Å²) in [6, 6.07) is 13.7. The molecule has 2 aromatic carbocycles. The normalized spacial score (nSPS) is 14.4. The number of rotatable bonds is 5. The first kappa shape index (κ1) is 17.2. The number of methoxy groups -OCH3 is 1. The summed E-state index contributed by atoms with van der Waals surface area (Å²) < 4.78 is 5.97. The van der Waals surface area contributed by atoms with Gasteiger partial charge in [-0.15, -0.1) is 0 Å². The van der Waals surface area contributed by atoms with Gasteiger partial charge in [-0.25, -0.2) is 4.79 Å². The van der Waals surface area contributed by atoms with Crippen molar-refractivity contribution in [1.82, 2.24) is 9.80 Å². The molecular formula is C18H15BrN2O4. The fourth-order valence-electron chi connectivity index (χ4n) is 2.60. The predicted molar refractivity (Wildman–Crippen MR) is 93.6 cm³/mol. The summed E-state index contributed by atoms with van der Waals surface area (Å²) in [6.07, 6.45) is 0. The standard InChI is InChI=1S/C18H15BrN2O4/c1-25-15-7-3-5-13(9-15)11-21-17(23)16(22)20(18(21)24)10-12-4-2-6-14(19)8-12/h2-9H,10-11H2,1H3. The van der Waals surface area contributed by atoms with Gasteiger partial charge in [0.1, 0.15) is 5.75 Å². The first-order valence-electron chi connectivity index (χ1n) is 7.54. The van der Waals surface area contributed by atoms with Crippen molar-refractivity contribution in [3.63, 3.8) is 0 Å². The molecule has 25 heavy (non-hydrogen) atoms. The van der Waals surface area contributed by atoms with E-state index in [4.69, 9.17) is 4.74 Å². The Kier molecular flexibility index (Phi) is 4.85. The maximum absolute atomic E-state index is 12.5. The number of urea groups is 1. The largest absolute Gasteiger partial charge is 0.497 e. The van der Waals surface area contributed by atoms with Crippen LogP contribution in [-0.2, 0) is 22.7 Å². The van der Waals surface area contributed by atoms with Crippen LogP contribution in [0.5, 0.6) is 5.75 Å². The molecular weight excluding hydrogens is 388 g/mol. The lowest BCUT2D eigenvalue weighted by atomic mass is 10.2. The number of ether oxygens (including phenoxy) is 1. The van der Waals surface area contributed by atoms with Crippen LogP contribution in [0.3, 0.4) is 0 Å². The molecule has 128 valence electrons. The van der Waals surface area contributed by atoms with Crippen LogP contribution >= 0.6 is 15.9 Å². The van der Waals surface area contributed by atoms with Crippen LogP contribution in [0.15, 0.2) is 53.0 Å². The second-order valence-electron chi connectivity index (χ2n) is 5.55. The van der Waals surface area contributed by atoms with Crippen LogP contribution in [0.25, 0.3) is 0 Å². The van der Waals surface area contributed by atoms with Crippen molar-refractivity contribution in [1.29, 1.82) is 0 Å². The molecule has 0 unspecified atom stereocenters. The quantitative estimate of drug-likeness (QED) is 0.569. The Labute approximate surface area is 153 Å². The molecule has 1 heterocycles. The van der Waals surface area contributed by atoms with E-state index in [0.29, 0.717) is 11.3 Å². The molecule has 3 rings (SSSR count). The molecule has 2 aromatic rings. The number of amides is 4. The molecule has 1 aliphatic heterocycles. The zero-order chi connectivity index (χ0) is 18.0. The first-order chi connectivity index (χ1) is 12.0. The van der Waals surface area contributed by atoms with E-state index in [-0.39, 0.29) is 13.1 Å². The number of hydrogen-bond donors (Lipinski definition) is 0. The number of benzene rings is 2. The number of hydrogen-bond acceptors (Lipinski definition) is 4. The van der Waals surface area contributed by atoms with Gasteiger partial charge in [0.2, 0.25) is 0 Å². The molecule has 0 aromatic heterocycles. The van der Waals surface area contributed by atoms with Crippen molar-refractivity contribution in [2.45, 2.75) is 13.1 Å². The third kappa shape index (κ3) is 3.56. The lowest BCUT2D eigenvalue weighted by molar-refractivity contribution is -0.143. The fourth-order valence-corrected chi connectivity index (χ4v) is 3.05. The lowest BCUT2D eigenvalue weighted by Gasteiger charge is -2.16. The van der Waals surface area contributed by atoms with Gasteiger partial charge in [-0.1, -0.05) is 40.2 Å². The summed E-state index contributed by atoms with van der Waals surface area (Å²) in [7, 11) is 1.54. The molecule has 7 heteroatoms. The van der Waals surface area contributed by atoms with Crippen molar-refractivity contribution < 1.29 is 19.1 Å².